The van der Waals surface area contributed by atoms with Crippen LogP contribution in [0.25, 0.3) is 0 Å². The van der Waals surface area contributed by atoms with Crippen molar-refractivity contribution in [2.75, 3.05) is 12.4 Å². The molecule has 2 nitrogen and oxygen atoms in total. The first-order valence-electron chi connectivity index (χ1n) is 5.95. The van der Waals surface area contributed by atoms with Crippen molar-refractivity contribution in [3.63, 3.8) is 0 Å². The van der Waals surface area contributed by atoms with Crippen LogP contribution in [0.15, 0.2) is 18.2 Å². The molecule has 0 spiro atoms. The third-order valence-electron chi connectivity index (χ3n) is 3.22. The van der Waals surface area contributed by atoms with Crippen molar-refractivity contribution in [1.29, 1.82) is 0 Å². The molecular weight excluding hydrogens is 384 g/mol. The fourth-order valence-corrected chi connectivity index (χ4v) is 3.30. The highest BCUT2D eigenvalue weighted by molar-refractivity contribution is 14.1. The number of rotatable bonds is 2. The molecular formula is C13H14Cl2INO. The predicted molar refractivity (Wildman–Crippen MR) is 83.6 cm³/mol. The van der Waals surface area contributed by atoms with E-state index in [4.69, 9.17) is 23.2 Å². The van der Waals surface area contributed by atoms with Crippen molar-refractivity contribution in [3.8, 4) is 0 Å². The quantitative estimate of drug-likeness (QED) is 0.541. The lowest BCUT2D eigenvalue weighted by Gasteiger charge is -2.34. The molecule has 0 saturated carbocycles. The van der Waals surface area contributed by atoms with Gasteiger partial charge in [0, 0.05) is 27.1 Å². The van der Waals surface area contributed by atoms with Gasteiger partial charge in [0.05, 0.1) is 5.56 Å². The second kappa shape index (κ2) is 6.44. The van der Waals surface area contributed by atoms with Crippen molar-refractivity contribution in [2.24, 2.45) is 0 Å². The fraction of sp³-hybridized carbons (Fsp3) is 0.462. The summed E-state index contributed by atoms with van der Waals surface area (Å²) >= 11 is 14.1. The number of piperidine rings is 1. The van der Waals surface area contributed by atoms with Crippen molar-refractivity contribution in [3.05, 3.63) is 32.4 Å². The summed E-state index contributed by atoms with van der Waals surface area (Å²) in [6.07, 6.45) is 3.19. The Morgan fingerprint density at radius 3 is 2.94 bits per heavy atom. The Balaban J connectivity index is 2.26. The number of hydrogen-bond acceptors (Lipinski definition) is 1. The molecule has 1 aliphatic rings. The molecule has 5 heteroatoms. The molecule has 0 aromatic heterocycles. The number of nitrogens with zero attached hydrogens (tertiary/aromatic N) is 1. The minimum atomic E-state index is 0.0484. The highest BCUT2D eigenvalue weighted by Crippen LogP contribution is 2.24. The van der Waals surface area contributed by atoms with E-state index in [1.165, 1.54) is 0 Å². The zero-order valence-corrected chi connectivity index (χ0v) is 13.5. The van der Waals surface area contributed by atoms with Gasteiger partial charge < -0.3 is 4.90 Å². The Labute approximate surface area is 131 Å². The lowest BCUT2D eigenvalue weighted by molar-refractivity contribution is 0.0638. The molecule has 1 fully saturated rings. The third kappa shape index (κ3) is 3.11. The molecule has 1 aromatic carbocycles. The van der Waals surface area contributed by atoms with E-state index in [0.717, 1.165) is 29.4 Å². The number of carbonyl (C=O) groups is 1. The summed E-state index contributed by atoms with van der Waals surface area (Å²) in [6.45, 7) is 0.790. The maximum Gasteiger partial charge on any atom is 0.255 e. The number of amides is 1. The topological polar surface area (TPSA) is 20.3 Å². The minimum absolute atomic E-state index is 0.0484. The van der Waals surface area contributed by atoms with Crippen LogP contribution in [0.5, 0.6) is 0 Å². The number of alkyl halides is 1. The predicted octanol–water partition coefficient (Wildman–Crippen LogP) is 4.18. The highest BCUT2D eigenvalue weighted by atomic mass is 127. The van der Waals surface area contributed by atoms with E-state index >= 15 is 0 Å². The summed E-state index contributed by atoms with van der Waals surface area (Å²) in [5, 5.41) is 0.596. The third-order valence-corrected chi connectivity index (χ3v) is 4.76. The number of likely N-dealkylation sites (tertiary alicyclic amines) is 1. The zero-order valence-electron chi connectivity index (χ0n) is 9.83. The molecule has 1 aromatic rings. The van der Waals surface area contributed by atoms with Crippen LogP contribution in [0.2, 0.25) is 5.02 Å². The smallest absolute Gasteiger partial charge is 0.255 e. The lowest BCUT2D eigenvalue weighted by Crippen LogP contribution is -2.45. The van der Waals surface area contributed by atoms with Crippen LogP contribution in [-0.4, -0.2) is 29.3 Å². The van der Waals surface area contributed by atoms with Crippen LogP contribution < -0.4 is 0 Å². The molecule has 0 aliphatic carbocycles. The van der Waals surface area contributed by atoms with Crippen molar-refractivity contribution >= 4 is 51.7 Å². The maximum absolute atomic E-state index is 12.5. The average Bonchev–Trinajstić information content (AvgIpc) is 2.40. The number of hydrogen-bond donors (Lipinski definition) is 0. The summed E-state index contributed by atoms with van der Waals surface area (Å²) in [7, 11) is 0. The van der Waals surface area contributed by atoms with E-state index < -0.39 is 0 Å². The van der Waals surface area contributed by atoms with Crippen LogP contribution in [0.3, 0.4) is 0 Å². The van der Waals surface area contributed by atoms with E-state index in [-0.39, 0.29) is 11.9 Å². The second-order valence-electron chi connectivity index (χ2n) is 4.43. The summed E-state index contributed by atoms with van der Waals surface area (Å²) in [5.41, 5.74) is 0.681. The van der Waals surface area contributed by atoms with Gasteiger partial charge in [0.1, 0.15) is 0 Å². The normalized spacial score (nSPS) is 19.9. The van der Waals surface area contributed by atoms with Gasteiger partial charge >= 0.3 is 0 Å². The van der Waals surface area contributed by atoms with Crippen LogP contribution >= 0.6 is 45.8 Å². The average molecular weight is 398 g/mol. The zero-order chi connectivity index (χ0) is 13.1. The highest BCUT2D eigenvalue weighted by Gasteiger charge is 2.27. The number of carbonyl (C=O) groups excluding carboxylic acids is 1. The number of halogens is 3. The largest absolute Gasteiger partial charge is 0.334 e. The molecule has 1 heterocycles. The van der Waals surface area contributed by atoms with Gasteiger partial charge in [0.25, 0.3) is 5.91 Å². The first-order chi connectivity index (χ1) is 8.63. The number of benzene rings is 1. The van der Waals surface area contributed by atoms with E-state index in [1.807, 2.05) is 11.0 Å². The molecule has 0 bridgehead atoms. The van der Waals surface area contributed by atoms with Gasteiger partial charge in [-0.1, -0.05) is 11.6 Å². The van der Waals surface area contributed by atoms with Crippen molar-refractivity contribution < 1.29 is 4.79 Å². The molecule has 1 unspecified atom stereocenters. The Hall–Kier alpha value is -0.000000000000000111. The Morgan fingerprint density at radius 1 is 1.44 bits per heavy atom. The molecule has 0 N–H and O–H groups in total. The van der Waals surface area contributed by atoms with Crippen molar-refractivity contribution in [2.45, 2.75) is 25.3 Å². The fourth-order valence-electron chi connectivity index (χ4n) is 2.24. The first kappa shape index (κ1) is 14.4. The molecule has 0 radical (unpaired) electrons. The second-order valence-corrected chi connectivity index (χ2v) is 6.33. The van der Waals surface area contributed by atoms with Crippen LogP contribution in [0.4, 0.5) is 0 Å². The molecule has 2 rings (SSSR count). The Kier molecular flexibility index (Phi) is 5.15. The van der Waals surface area contributed by atoms with Crippen molar-refractivity contribution in [1.82, 2.24) is 4.90 Å². The summed E-state index contributed by atoms with van der Waals surface area (Å²) in [5.74, 6) is 0.551. The van der Waals surface area contributed by atoms with Gasteiger partial charge in [0.2, 0.25) is 0 Å². The minimum Gasteiger partial charge on any atom is -0.334 e. The van der Waals surface area contributed by atoms with E-state index in [2.05, 4.69) is 22.6 Å². The van der Waals surface area contributed by atoms with E-state index in [9.17, 15) is 4.79 Å². The Bertz CT molecular complexity index is 453. The molecule has 1 saturated heterocycles. The standard InChI is InChI=1S/C13H14Cl2INO/c14-8-10-3-1-2-6-17(10)13(18)11-7-9(15)4-5-12(11)16/h4-5,7,10H,1-3,6,8H2. The molecule has 1 amide bonds. The molecule has 1 aliphatic heterocycles. The summed E-state index contributed by atoms with van der Waals surface area (Å²) in [6, 6.07) is 5.57. The summed E-state index contributed by atoms with van der Waals surface area (Å²) < 4.78 is 0.931. The SMILES string of the molecule is O=C(c1cc(Cl)ccc1I)N1CCCCC1CCl. The van der Waals surface area contributed by atoms with E-state index in [1.54, 1.807) is 12.1 Å². The summed E-state index contributed by atoms with van der Waals surface area (Å²) in [4.78, 5) is 14.4. The first-order valence-corrected chi connectivity index (χ1v) is 7.94. The van der Waals surface area contributed by atoms with E-state index in [0.29, 0.717) is 16.5 Å². The van der Waals surface area contributed by atoms with Gasteiger partial charge in [-0.15, -0.1) is 11.6 Å². The maximum atomic E-state index is 12.5. The van der Waals surface area contributed by atoms with Gasteiger partial charge in [0.15, 0.2) is 0 Å². The lowest BCUT2D eigenvalue weighted by atomic mass is 10.0. The van der Waals surface area contributed by atoms with Gasteiger partial charge in [-0.2, -0.15) is 0 Å². The van der Waals surface area contributed by atoms with Gasteiger partial charge in [-0.25, -0.2) is 0 Å². The molecule has 98 valence electrons. The molecule has 1 atom stereocenters. The van der Waals surface area contributed by atoms with Gasteiger partial charge in [-0.05, 0) is 60.1 Å². The van der Waals surface area contributed by atoms with Crippen LogP contribution in [0, 0.1) is 3.57 Å². The molecule has 18 heavy (non-hydrogen) atoms. The monoisotopic (exact) mass is 397 g/mol. The van der Waals surface area contributed by atoms with Crippen LogP contribution in [-0.2, 0) is 0 Å². The van der Waals surface area contributed by atoms with Gasteiger partial charge in [-0.3, -0.25) is 4.79 Å². The van der Waals surface area contributed by atoms with Crippen LogP contribution in [0.1, 0.15) is 29.6 Å². The Morgan fingerprint density at radius 2 is 2.22 bits per heavy atom.